The van der Waals surface area contributed by atoms with Crippen molar-refractivity contribution in [2.75, 3.05) is 18.1 Å². The third kappa shape index (κ3) is 3.74. The molecule has 0 aliphatic carbocycles. The van der Waals surface area contributed by atoms with Crippen LogP contribution in [0, 0.1) is 11.3 Å². The third-order valence-corrected chi connectivity index (χ3v) is 2.42. The second-order valence-electron chi connectivity index (χ2n) is 4.04. The van der Waals surface area contributed by atoms with E-state index < -0.39 is 0 Å². The van der Waals surface area contributed by atoms with Crippen molar-refractivity contribution in [3.63, 3.8) is 0 Å². The topological polar surface area (TPSA) is 66.2 Å². The Bertz CT molecular complexity index is 452. The first-order valence-electron chi connectivity index (χ1n) is 5.87. The van der Waals surface area contributed by atoms with E-state index in [9.17, 15) is 4.79 Å². The number of esters is 1. The number of hydrogen-bond acceptors (Lipinski definition) is 5. The van der Waals surface area contributed by atoms with Crippen LogP contribution in [0.1, 0.15) is 26.5 Å². The summed E-state index contributed by atoms with van der Waals surface area (Å²) in [5, 5.41) is 8.83. The minimum absolute atomic E-state index is 0.128. The number of nitriles is 1. The monoisotopic (exact) mass is 247 g/mol. The molecule has 5 heteroatoms. The van der Waals surface area contributed by atoms with Gasteiger partial charge in [-0.25, -0.2) is 4.98 Å². The van der Waals surface area contributed by atoms with E-state index in [0.29, 0.717) is 12.3 Å². The minimum Gasteiger partial charge on any atom is -0.465 e. The van der Waals surface area contributed by atoms with Crippen LogP contribution in [0.15, 0.2) is 18.3 Å². The molecule has 1 rings (SSSR count). The second-order valence-corrected chi connectivity index (χ2v) is 4.04. The number of ether oxygens (including phenoxy) is 1. The molecule has 0 saturated carbocycles. The molecule has 0 aliphatic heterocycles. The molecule has 0 spiro atoms. The number of carbonyl (C=O) groups is 1. The lowest BCUT2D eigenvalue weighted by Gasteiger charge is -2.27. The van der Waals surface area contributed by atoms with Gasteiger partial charge < -0.3 is 9.64 Å². The molecule has 18 heavy (non-hydrogen) atoms. The van der Waals surface area contributed by atoms with Crippen molar-refractivity contribution >= 4 is 11.7 Å². The van der Waals surface area contributed by atoms with E-state index in [2.05, 4.69) is 4.98 Å². The Balaban J connectivity index is 2.91. The van der Waals surface area contributed by atoms with Gasteiger partial charge in [0.2, 0.25) is 0 Å². The number of hydrogen-bond donors (Lipinski definition) is 0. The Morgan fingerprint density at radius 2 is 2.33 bits per heavy atom. The Morgan fingerprint density at radius 3 is 2.89 bits per heavy atom. The molecule has 5 nitrogen and oxygen atoms in total. The maximum absolute atomic E-state index is 11.5. The molecule has 1 aromatic heterocycles. The van der Waals surface area contributed by atoms with E-state index in [1.807, 2.05) is 24.8 Å². The fraction of sp³-hybridized carbons (Fsp3) is 0.462. The zero-order valence-corrected chi connectivity index (χ0v) is 10.9. The Hall–Kier alpha value is -2.09. The quantitative estimate of drug-likeness (QED) is 0.741. The number of carbonyl (C=O) groups excluding carboxylic acids is 1. The minimum atomic E-state index is -0.276. The van der Waals surface area contributed by atoms with Gasteiger partial charge in [0, 0.05) is 17.9 Å². The van der Waals surface area contributed by atoms with Crippen LogP contribution in [0.3, 0.4) is 0 Å². The number of nitrogens with zero attached hydrogens (tertiary/aromatic N) is 3. The van der Waals surface area contributed by atoms with Crippen molar-refractivity contribution < 1.29 is 9.53 Å². The van der Waals surface area contributed by atoms with Crippen LogP contribution in [0.2, 0.25) is 0 Å². The summed E-state index contributed by atoms with van der Waals surface area (Å²) in [7, 11) is 0. The lowest BCUT2D eigenvalue weighted by molar-refractivity contribution is -0.141. The fourth-order valence-electron chi connectivity index (χ4n) is 1.58. The lowest BCUT2D eigenvalue weighted by Crippen LogP contribution is -2.36. The highest BCUT2D eigenvalue weighted by atomic mass is 16.5. The van der Waals surface area contributed by atoms with Gasteiger partial charge in [-0.3, -0.25) is 4.79 Å². The molecule has 0 saturated heterocycles. The van der Waals surface area contributed by atoms with E-state index in [4.69, 9.17) is 10.00 Å². The van der Waals surface area contributed by atoms with E-state index in [-0.39, 0.29) is 18.6 Å². The molecule has 1 aromatic rings. The van der Waals surface area contributed by atoms with Crippen molar-refractivity contribution in [3.8, 4) is 6.07 Å². The molecule has 0 fully saturated rings. The first-order chi connectivity index (χ1) is 8.58. The fourth-order valence-corrected chi connectivity index (χ4v) is 1.58. The number of pyridine rings is 1. The normalized spacial score (nSPS) is 9.94. The standard InChI is InChI=1S/C13H17N3O2/c1-4-18-13(17)9-16(10(2)3)12-5-6-15-11(7-12)8-14/h5-7,10H,4,9H2,1-3H3. The lowest BCUT2D eigenvalue weighted by atomic mass is 10.2. The molecule has 0 aliphatic rings. The average Bonchev–Trinajstić information content (AvgIpc) is 2.36. The molecule has 0 bridgehead atoms. The molecule has 0 unspecified atom stereocenters. The van der Waals surface area contributed by atoms with Crippen molar-refractivity contribution in [2.45, 2.75) is 26.8 Å². The zero-order valence-electron chi connectivity index (χ0n) is 10.9. The summed E-state index contributed by atoms with van der Waals surface area (Å²) in [6.45, 7) is 6.26. The van der Waals surface area contributed by atoms with Crippen LogP contribution >= 0.6 is 0 Å². The Kier molecular flexibility index (Phi) is 5.12. The van der Waals surface area contributed by atoms with Crippen molar-refractivity contribution in [2.24, 2.45) is 0 Å². The first kappa shape index (κ1) is 14.0. The van der Waals surface area contributed by atoms with Gasteiger partial charge in [0.1, 0.15) is 18.3 Å². The van der Waals surface area contributed by atoms with E-state index in [0.717, 1.165) is 5.69 Å². The van der Waals surface area contributed by atoms with Crippen molar-refractivity contribution in [1.29, 1.82) is 5.26 Å². The maximum atomic E-state index is 11.5. The Morgan fingerprint density at radius 1 is 1.61 bits per heavy atom. The summed E-state index contributed by atoms with van der Waals surface area (Å²) >= 11 is 0. The van der Waals surface area contributed by atoms with Crippen LogP contribution in [-0.2, 0) is 9.53 Å². The van der Waals surface area contributed by atoms with Crippen LogP contribution < -0.4 is 4.90 Å². The van der Waals surface area contributed by atoms with Gasteiger partial charge in [-0.2, -0.15) is 5.26 Å². The highest BCUT2D eigenvalue weighted by Gasteiger charge is 2.16. The molecule has 96 valence electrons. The van der Waals surface area contributed by atoms with E-state index >= 15 is 0 Å². The maximum Gasteiger partial charge on any atom is 0.325 e. The predicted octanol–water partition coefficient (Wildman–Crippen LogP) is 1.73. The van der Waals surface area contributed by atoms with Crippen LogP contribution in [0.5, 0.6) is 0 Å². The van der Waals surface area contributed by atoms with E-state index in [1.165, 1.54) is 0 Å². The number of aromatic nitrogens is 1. The van der Waals surface area contributed by atoms with Crippen LogP contribution in [0.4, 0.5) is 5.69 Å². The zero-order chi connectivity index (χ0) is 13.5. The van der Waals surface area contributed by atoms with Crippen molar-refractivity contribution in [3.05, 3.63) is 24.0 Å². The molecule has 0 radical (unpaired) electrons. The molecule has 0 amide bonds. The largest absolute Gasteiger partial charge is 0.465 e. The summed E-state index contributed by atoms with van der Waals surface area (Å²) in [5.41, 5.74) is 1.13. The van der Waals surface area contributed by atoms with Gasteiger partial charge >= 0.3 is 5.97 Å². The number of anilines is 1. The van der Waals surface area contributed by atoms with Gasteiger partial charge in [0.25, 0.3) is 0 Å². The van der Waals surface area contributed by atoms with Crippen molar-refractivity contribution in [1.82, 2.24) is 4.98 Å². The summed E-state index contributed by atoms with van der Waals surface area (Å²) in [6, 6.07) is 5.56. The SMILES string of the molecule is CCOC(=O)CN(c1ccnc(C#N)c1)C(C)C. The molecule has 0 atom stereocenters. The molecule has 1 heterocycles. The van der Waals surface area contributed by atoms with Gasteiger partial charge in [0.05, 0.1) is 6.61 Å². The first-order valence-corrected chi connectivity index (χ1v) is 5.87. The molecule has 0 N–H and O–H groups in total. The summed E-state index contributed by atoms with van der Waals surface area (Å²) in [5.74, 6) is -0.276. The van der Waals surface area contributed by atoms with Gasteiger partial charge in [-0.1, -0.05) is 0 Å². The van der Waals surface area contributed by atoms with Gasteiger partial charge in [-0.05, 0) is 32.9 Å². The smallest absolute Gasteiger partial charge is 0.325 e. The molecule has 0 aromatic carbocycles. The second kappa shape index (κ2) is 6.60. The van der Waals surface area contributed by atoms with Crippen LogP contribution in [0.25, 0.3) is 0 Å². The summed E-state index contributed by atoms with van der Waals surface area (Å²) < 4.78 is 4.94. The average molecular weight is 247 g/mol. The molecular formula is C13H17N3O2. The highest BCUT2D eigenvalue weighted by molar-refractivity contribution is 5.76. The Labute approximate surface area is 107 Å². The molecular weight excluding hydrogens is 230 g/mol. The van der Waals surface area contributed by atoms with Gasteiger partial charge in [-0.15, -0.1) is 0 Å². The predicted molar refractivity (Wildman–Crippen MR) is 68.1 cm³/mol. The van der Waals surface area contributed by atoms with Crippen LogP contribution in [-0.4, -0.2) is 30.1 Å². The number of rotatable bonds is 5. The third-order valence-electron chi connectivity index (χ3n) is 2.42. The highest BCUT2D eigenvalue weighted by Crippen LogP contribution is 2.17. The van der Waals surface area contributed by atoms with Gasteiger partial charge in [0.15, 0.2) is 0 Å². The van der Waals surface area contributed by atoms with E-state index in [1.54, 1.807) is 25.3 Å². The summed E-state index contributed by atoms with van der Waals surface area (Å²) in [4.78, 5) is 17.3. The summed E-state index contributed by atoms with van der Waals surface area (Å²) in [6.07, 6.45) is 1.56.